The fourth-order valence-corrected chi connectivity index (χ4v) is 4.29. The van der Waals surface area contributed by atoms with Crippen LogP contribution in [-0.2, 0) is 14.8 Å². The molecule has 1 saturated carbocycles. The first-order valence-electron chi connectivity index (χ1n) is 9.24. The zero-order valence-electron chi connectivity index (χ0n) is 16.1. The Kier molecular flexibility index (Phi) is 5.61. The van der Waals surface area contributed by atoms with E-state index in [1.165, 1.54) is 24.7 Å². The predicted octanol–water partition coefficient (Wildman–Crippen LogP) is 3.28. The molecule has 3 N–H and O–H groups in total. The van der Waals surface area contributed by atoms with Gasteiger partial charge in [0, 0.05) is 11.4 Å². The van der Waals surface area contributed by atoms with Gasteiger partial charge >= 0.3 is 0 Å². The lowest BCUT2D eigenvalue weighted by Gasteiger charge is -2.11. The molecule has 1 fully saturated rings. The monoisotopic (exact) mass is 459 g/mol. The van der Waals surface area contributed by atoms with E-state index in [-0.39, 0.29) is 22.1 Å². The molecule has 2 aromatic heterocycles. The minimum Gasteiger partial charge on any atom is -0.339 e. The summed E-state index contributed by atoms with van der Waals surface area (Å²) in [5.41, 5.74) is 1.63. The van der Waals surface area contributed by atoms with Gasteiger partial charge in [-0.3, -0.25) is 4.79 Å². The average molecular weight is 460 g/mol. The maximum absolute atomic E-state index is 12.3. The van der Waals surface area contributed by atoms with Crippen LogP contribution in [0.4, 0.5) is 28.8 Å². The molecule has 2 heterocycles. The molecule has 4 rings (SSSR count). The second-order valence-corrected chi connectivity index (χ2v) is 9.24. The van der Waals surface area contributed by atoms with Gasteiger partial charge in [0.2, 0.25) is 11.9 Å². The molecule has 160 valence electrons. The van der Waals surface area contributed by atoms with Crippen molar-refractivity contribution in [2.45, 2.75) is 18.1 Å². The number of halogens is 1. The van der Waals surface area contributed by atoms with Gasteiger partial charge in [-0.1, -0.05) is 24.2 Å². The summed E-state index contributed by atoms with van der Waals surface area (Å²) in [5.74, 6) is 0.198. The zero-order chi connectivity index (χ0) is 22.0. The normalized spacial score (nSPS) is 13.5. The number of carbonyl (C=O) groups excluding carboxylic acids is 1. The SMILES string of the molecule is C=CC(=O)Nc1cccc(Nc2nc(Nc3cnn(S(=O)(=O)C4CC4)c3)ncc2Cl)c1. The van der Waals surface area contributed by atoms with E-state index in [0.717, 1.165) is 4.09 Å². The summed E-state index contributed by atoms with van der Waals surface area (Å²) >= 11 is 6.21. The van der Waals surface area contributed by atoms with E-state index in [0.29, 0.717) is 35.7 Å². The van der Waals surface area contributed by atoms with Crippen LogP contribution in [0.3, 0.4) is 0 Å². The largest absolute Gasteiger partial charge is 0.339 e. The molecule has 0 atom stereocenters. The highest BCUT2D eigenvalue weighted by molar-refractivity contribution is 7.90. The number of nitrogens with zero attached hydrogens (tertiary/aromatic N) is 4. The lowest BCUT2D eigenvalue weighted by molar-refractivity contribution is -0.111. The van der Waals surface area contributed by atoms with Crippen LogP contribution in [0, 0.1) is 0 Å². The second-order valence-electron chi connectivity index (χ2n) is 6.76. The zero-order valence-corrected chi connectivity index (χ0v) is 17.7. The van der Waals surface area contributed by atoms with Crippen molar-refractivity contribution in [3.8, 4) is 0 Å². The number of anilines is 5. The summed E-state index contributed by atoms with van der Waals surface area (Å²) in [5, 5.41) is 12.5. The maximum Gasteiger partial charge on any atom is 0.256 e. The average Bonchev–Trinajstić information content (AvgIpc) is 3.50. The number of aromatic nitrogens is 4. The Bertz CT molecular complexity index is 1250. The Balaban J connectivity index is 1.50. The van der Waals surface area contributed by atoms with Crippen LogP contribution in [0.1, 0.15) is 12.8 Å². The number of rotatable bonds is 8. The summed E-state index contributed by atoms with van der Waals surface area (Å²) in [6, 6.07) is 6.97. The van der Waals surface area contributed by atoms with E-state index in [2.05, 4.69) is 37.6 Å². The number of benzene rings is 1. The highest BCUT2D eigenvalue weighted by Crippen LogP contribution is 2.30. The molecular formula is C19H18ClN7O3S. The van der Waals surface area contributed by atoms with Gasteiger partial charge in [-0.2, -0.15) is 14.2 Å². The highest BCUT2D eigenvalue weighted by Gasteiger charge is 2.37. The third-order valence-corrected chi connectivity index (χ3v) is 6.66. The van der Waals surface area contributed by atoms with E-state index in [1.54, 1.807) is 24.3 Å². The van der Waals surface area contributed by atoms with Gasteiger partial charge in [0.05, 0.1) is 29.5 Å². The van der Waals surface area contributed by atoms with Crippen molar-refractivity contribution in [1.29, 1.82) is 0 Å². The van der Waals surface area contributed by atoms with Gasteiger partial charge in [-0.15, -0.1) is 0 Å². The number of hydrogen-bond acceptors (Lipinski definition) is 8. The minimum absolute atomic E-state index is 0.200. The number of nitrogens with one attached hydrogen (secondary N) is 3. The van der Waals surface area contributed by atoms with Crippen molar-refractivity contribution in [3.63, 3.8) is 0 Å². The van der Waals surface area contributed by atoms with Crippen LogP contribution in [-0.4, -0.2) is 38.7 Å². The van der Waals surface area contributed by atoms with Crippen molar-refractivity contribution < 1.29 is 13.2 Å². The van der Waals surface area contributed by atoms with Crippen LogP contribution >= 0.6 is 11.6 Å². The number of carbonyl (C=O) groups is 1. The van der Waals surface area contributed by atoms with E-state index in [4.69, 9.17) is 11.6 Å². The quantitative estimate of drug-likeness (QED) is 0.437. The topological polar surface area (TPSA) is 131 Å². The summed E-state index contributed by atoms with van der Waals surface area (Å²) in [6.07, 6.45) is 6.66. The van der Waals surface area contributed by atoms with Crippen molar-refractivity contribution in [2.75, 3.05) is 16.0 Å². The Morgan fingerprint density at radius 3 is 2.71 bits per heavy atom. The summed E-state index contributed by atoms with van der Waals surface area (Å²) in [6.45, 7) is 3.42. The lowest BCUT2D eigenvalue weighted by atomic mass is 10.2. The maximum atomic E-state index is 12.3. The molecule has 0 spiro atoms. The van der Waals surface area contributed by atoms with Crippen molar-refractivity contribution in [1.82, 2.24) is 19.2 Å². The molecule has 31 heavy (non-hydrogen) atoms. The molecule has 1 aliphatic carbocycles. The van der Waals surface area contributed by atoms with Gasteiger partial charge < -0.3 is 16.0 Å². The van der Waals surface area contributed by atoms with Crippen molar-refractivity contribution in [2.24, 2.45) is 0 Å². The predicted molar refractivity (Wildman–Crippen MR) is 118 cm³/mol. The van der Waals surface area contributed by atoms with Crippen LogP contribution in [0.2, 0.25) is 5.02 Å². The molecule has 0 bridgehead atoms. The van der Waals surface area contributed by atoms with Crippen molar-refractivity contribution in [3.05, 3.63) is 60.5 Å². The van der Waals surface area contributed by atoms with Gasteiger partial charge in [-0.25, -0.2) is 13.4 Å². The molecule has 0 aliphatic heterocycles. The Morgan fingerprint density at radius 1 is 1.19 bits per heavy atom. The van der Waals surface area contributed by atoms with E-state index < -0.39 is 10.0 Å². The van der Waals surface area contributed by atoms with E-state index in [1.807, 2.05) is 0 Å². The van der Waals surface area contributed by atoms with Crippen LogP contribution < -0.4 is 16.0 Å². The molecule has 1 aliphatic rings. The third kappa shape index (κ3) is 4.84. The molecule has 3 aromatic rings. The second kappa shape index (κ2) is 8.36. The van der Waals surface area contributed by atoms with Gasteiger partial charge in [-0.05, 0) is 37.1 Å². The summed E-state index contributed by atoms with van der Waals surface area (Å²) in [4.78, 5) is 19.9. The van der Waals surface area contributed by atoms with Gasteiger partial charge in [0.15, 0.2) is 5.82 Å². The molecule has 12 heteroatoms. The third-order valence-electron chi connectivity index (χ3n) is 4.34. The molecule has 10 nitrogen and oxygen atoms in total. The number of hydrogen-bond donors (Lipinski definition) is 3. The molecular weight excluding hydrogens is 442 g/mol. The first-order valence-corrected chi connectivity index (χ1v) is 11.1. The smallest absolute Gasteiger partial charge is 0.256 e. The van der Waals surface area contributed by atoms with Crippen LogP contribution in [0.15, 0.2) is 55.5 Å². The summed E-state index contributed by atoms with van der Waals surface area (Å²) in [7, 11) is -3.45. The van der Waals surface area contributed by atoms with E-state index in [9.17, 15) is 13.2 Å². The first kappa shape index (κ1) is 20.8. The fourth-order valence-electron chi connectivity index (χ4n) is 2.68. The molecule has 0 saturated heterocycles. The Morgan fingerprint density at radius 2 is 1.97 bits per heavy atom. The molecule has 0 unspecified atom stereocenters. The Hall–Kier alpha value is -3.44. The number of amides is 1. The lowest BCUT2D eigenvalue weighted by Crippen LogP contribution is -2.17. The standard InChI is InChI=1S/C19H18ClN7O3S/c1-2-17(28)23-12-4-3-5-13(8-12)24-18-16(20)10-21-19(26-18)25-14-9-22-27(11-14)31(29,30)15-6-7-15/h2-5,8-11,15H,1,6-7H2,(H,23,28)(H2,21,24,25,26). The van der Waals surface area contributed by atoms with Crippen LogP contribution in [0.25, 0.3) is 0 Å². The molecule has 1 aromatic carbocycles. The first-order chi connectivity index (χ1) is 14.8. The molecule has 1 amide bonds. The minimum atomic E-state index is -3.45. The Labute approximate surface area is 183 Å². The molecule has 0 radical (unpaired) electrons. The van der Waals surface area contributed by atoms with Gasteiger partial charge in [0.1, 0.15) is 5.02 Å². The summed E-state index contributed by atoms with van der Waals surface area (Å²) < 4.78 is 25.5. The van der Waals surface area contributed by atoms with Crippen molar-refractivity contribution >= 4 is 56.4 Å². The van der Waals surface area contributed by atoms with E-state index >= 15 is 0 Å². The fraction of sp³-hybridized carbons (Fsp3) is 0.158. The van der Waals surface area contributed by atoms with Gasteiger partial charge in [0.25, 0.3) is 10.0 Å². The highest BCUT2D eigenvalue weighted by atomic mass is 35.5. The van der Waals surface area contributed by atoms with Crippen LogP contribution in [0.5, 0.6) is 0 Å².